The normalized spacial score (nSPS) is 10.9. The Hall–Kier alpha value is -2.39. The lowest BCUT2D eigenvalue weighted by Gasteiger charge is -2.13. The van der Waals surface area contributed by atoms with E-state index in [4.69, 9.17) is 26.4 Å². The molecule has 0 bridgehead atoms. The van der Waals surface area contributed by atoms with E-state index in [1.54, 1.807) is 12.1 Å². The third-order valence-electron chi connectivity index (χ3n) is 4.67. The molecule has 31 heavy (non-hydrogen) atoms. The van der Waals surface area contributed by atoms with Gasteiger partial charge < -0.3 is 24.5 Å². The maximum atomic E-state index is 13.0. The van der Waals surface area contributed by atoms with Crippen LogP contribution in [0, 0.1) is 4.77 Å². The van der Waals surface area contributed by atoms with Gasteiger partial charge in [0, 0.05) is 38.8 Å². The molecule has 0 radical (unpaired) electrons. The summed E-state index contributed by atoms with van der Waals surface area (Å²) in [6, 6.07) is 3.45. The van der Waals surface area contributed by atoms with E-state index in [1.165, 1.54) is 4.57 Å². The molecule has 172 valence electrons. The zero-order chi connectivity index (χ0) is 22.6. The Bertz CT molecular complexity index is 970. The summed E-state index contributed by atoms with van der Waals surface area (Å²) < 4.78 is 18.4. The summed E-state index contributed by atoms with van der Waals surface area (Å²) in [5.41, 5.74) is 0.438. The zero-order valence-electron chi connectivity index (χ0n) is 18.6. The molecule has 0 unspecified atom stereocenters. The molecular formula is C22H33N3O5S. The van der Waals surface area contributed by atoms with Crippen molar-refractivity contribution in [3.05, 3.63) is 27.3 Å². The molecule has 0 saturated heterocycles. The number of fused-ring (bicyclic) bond motifs is 1. The van der Waals surface area contributed by atoms with E-state index in [9.17, 15) is 9.59 Å². The Morgan fingerprint density at radius 2 is 1.77 bits per heavy atom. The lowest BCUT2D eigenvalue weighted by molar-refractivity contribution is -0.121. The minimum Gasteiger partial charge on any atom is -0.490 e. The second kappa shape index (κ2) is 13.1. The van der Waals surface area contributed by atoms with Crippen LogP contribution in [0.1, 0.15) is 46.5 Å². The number of rotatable bonds is 14. The molecule has 8 nitrogen and oxygen atoms in total. The van der Waals surface area contributed by atoms with Crippen LogP contribution in [0.5, 0.6) is 11.5 Å². The van der Waals surface area contributed by atoms with Crippen LogP contribution < -0.4 is 20.3 Å². The molecule has 0 spiro atoms. The van der Waals surface area contributed by atoms with Crippen molar-refractivity contribution in [1.82, 2.24) is 14.9 Å². The molecule has 0 aliphatic carbocycles. The van der Waals surface area contributed by atoms with Crippen molar-refractivity contribution in [3.63, 3.8) is 0 Å². The first-order chi connectivity index (χ1) is 15.0. The van der Waals surface area contributed by atoms with E-state index in [0.29, 0.717) is 86.0 Å². The Morgan fingerprint density at radius 3 is 2.45 bits per heavy atom. The summed E-state index contributed by atoms with van der Waals surface area (Å²) in [6.45, 7) is 9.06. The van der Waals surface area contributed by atoms with Gasteiger partial charge in [-0.2, -0.15) is 0 Å². The third-order valence-corrected chi connectivity index (χ3v) is 5.00. The van der Waals surface area contributed by atoms with Gasteiger partial charge in [-0.05, 0) is 58.3 Å². The van der Waals surface area contributed by atoms with Gasteiger partial charge in [0.15, 0.2) is 16.3 Å². The number of nitrogens with one attached hydrogen (secondary N) is 2. The number of aromatic amines is 1. The minimum absolute atomic E-state index is 0.0114. The zero-order valence-corrected chi connectivity index (χ0v) is 19.4. The molecule has 0 aliphatic heterocycles. The number of nitrogens with zero attached hydrogens (tertiary/aromatic N) is 1. The molecule has 1 amide bonds. The molecule has 9 heteroatoms. The van der Waals surface area contributed by atoms with Gasteiger partial charge in [0.1, 0.15) is 0 Å². The average molecular weight is 452 g/mol. The number of hydrogen-bond acceptors (Lipinski definition) is 6. The molecule has 1 aromatic carbocycles. The van der Waals surface area contributed by atoms with Crippen LogP contribution in [0.25, 0.3) is 10.9 Å². The summed E-state index contributed by atoms with van der Waals surface area (Å²) in [6.07, 6.45) is 2.56. The number of amides is 1. The van der Waals surface area contributed by atoms with Crippen LogP contribution in [-0.2, 0) is 16.1 Å². The van der Waals surface area contributed by atoms with Crippen molar-refractivity contribution in [2.75, 3.05) is 33.0 Å². The van der Waals surface area contributed by atoms with E-state index in [0.717, 1.165) is 6.42 Å². The van der Waals surface area contributed by atoms with E-state index in [-0.39, 0.29) is 11.5 Å². The quantitative estimate of drug-likeness (QED) is 0.337. The highest BCUT2D eigenvalue weighted by Gasteiger charge is 2.12. The number of H-pyrrole nitrogens is 1. The molecule has 2 aromatic rings. The van der Waals surface area contributed by atoms with Crippen LogP contribution in [0.3, 0.4) is 0 Å². The van der Waals surface area contributed by atoms with Gasteiger partial charge in [0.05, 0.1) is 24.1 Å². The van der Waals surface area contributed by atoms with Gasteiger partial charge >= 0.3 is 0 Å². The smallest absolute Gasteiger partial charge is 0.262 e. The second-order valence-corrected chi connectivity index (χ2v) is 7.34. The summed E-state index contributed by atoms with van der Waals surface area (Å²) in [7, 11) is 0. The highest BCUT2D eigenvalue weighted by molar-refractivity contribution is 7.71. The molecular weight excluding hydrogens is 418 g/mol. The highest BCUT2D eigenvalue weighted by atomic mass is 32.1. The van der Waals surface area contributed by atoms with E-state index in [2.05, 4.69) is 10.3 Å². The first-order valence-corrected chi connectivity index (χ1v) is 11.3. The SMILES string of the molecule is CCOCCCNC(=O)CCCCn1c(=S)[nH]c2cc(OCC)c(OCC)cc2c1=O. The Kier molecular flexibility index (Phi) is 10.5. The maximum Gasteiger partial charge on any atom is 0.262 e. The van der Waals surface area contributed by atoms with Crippen molar-refractivity contribution >= 4 is 29.0 Å². The lowest BCUT2D eigenvalue weighted by atomic mass is 10.2. The summed E-state index contributed by atoms with van der Waals surface area (Å²) in [5, 5.41) is 3.37. The van der Waals surface area contributed by atoms with E-state index >= 15 is 0 Å². The minimum atomic E-state index is -0.178. The second-order valence-electron chi connectivity index (χ2n) is 6.96. The average Bonchev–Trinajstić information content (AvgIpc) is 2.74. The van der Waals surface area contributed by atoms with Gasteiger partial charge in [-0.1, -0.05) is 0 Å². The summed E-state index contributed by atoms with van der Waals surface area (Å²) in [4.78, 5) is 28.0. The number of benzene rings is 1. The van der Waals surface area contributed by atoms with Crippen LogP contribution >= 0.6 is 12.2 Å². The fourth-order valence-corrected chi connectivity index (χ4v) is 3.47. The van der Waals surface area contributed by atoms with Crippen LogP contribution in [-0.4, -0.2) is 48.4 Å². The van der Waals surface area contributed by atoms with Crippen molar-refractivity contribution in [3.8, 4) is 11.5 Å². The lowest BCUT2D eigenvalue weighted by Crippen LogP contribution is -2.25. The fourth-order valence-electron chi connectivity index (χ4n) is 3.19. The topological polar surface area (TPSA) is 94.6 Å². The van der Waals surface area contributed by atoms with E-state index in [1.807, 2.05) is 20.8 Å². The van der Waals surface area contributed by atoms with Crippen molar-refractivity contribution < 1.29 is 19.0 Å². The van der Waals surface area contributed by atoms with Crippen molar-refractivity contribution in [2.45, 2.75) is 53.0 Å². The molecule has 1 heterocycles. The maximum absolute atomic E-state index is 13.0. The largest absolute Gasteiger partial charge is 0.490 e. The molecule has 0 aliphatic rings. The Balaban J connectivity index is 2.01. The van der Waals surface area contributed by atoms with E-state index < -0.39 is 0 Å². The first-order valence-electron chi connectivity index (χ1n) is 10.9. The van der Waals surface area contributed by atoms with Gasteiger partial charge in [0.2, 0.25) is 5.91 Å². The number of carbonyl (C=O) groups excluding carboxylic acids is 1. The molecule has 0 saturated carbocycles. The van der Waals surface area contributed by atoms with Gasteiger partial charge in [-0.3, -0.25) is 14.2 Å². The van der Waals surface area contributed by atoms with Crippen LogP contribution in [0.15, 0.2) is 16.9 Å². The molecule has 2 N–H and O–H groups in total. The number of hydrogen-bond donors (Lipinski definition) is 2. The summed E-state index contributed by atoms with van der Waals surface area (Å²) in [5.74, 6) is 1.12. The molecule has 2 rings (SSSR count). The predicted octanol–water partition coefficient (Wildman–Crippen LogP) is 3.57. The predicted molar refractivity (Wildman–Crippen MR) is 124 cm³/mol. The monoisotopic (exact) mass is 451 g/mol. The molecule has 1 aromatic heterocycles. The Labute approximate surface area is 187 Å². The van der Waals surface area contributed by atoms with Crippen LogP contribution in [0.2, 0.25) is 0 Å². The third kappa shape index (κ3) is 7.36. The number of ether oxygens (including phenoxy) is 3. The van der Waals surface area contributed by atoms with Gasteiger partial charge in [0.25, 0.3) is 5.56 Å². The van der Waals surface area contributed by atoms with Crippen molar-refractivity contribution in [1.29, 1.82) is 0 Å². The van der Waals surface area contributed by atoms with Gasteiger partial charge in [-0.25, -0.2) is 0 Å². The first kappa shape index (κ1) is 24.9. The highest BCUT2D eigenvalue weighted by Crippen LogP contribution is 2.30. The Morgan fingerprint density at radius 1 is 1.06 bits per heavy atom. The number of unbranched alkanes of at least 4 members (excludes halogenated alkanes) is 1. The molecule has 0 atom stereocenters. The van der Waals surface area contributed by atoms with Gasteiger partial charge in [-0.15, -0.1) is 0 Å². The number of carbonyl (C=O) groups is 1. The van der Waals surface area contributed by atoms with Crippen LogP contribution in [0.4, 0.5) is 0 Å². The van der Waals surface area contributed by atoms with Crippen molar-refractivity contribution in [2.24, 2.45) is 0 Å². The summed E-state index contributed by atoms with van der Waals surface area (Å²) >= 11 is 5.40. The number of aromatic nitrogens is 2. The standard InChI is InChI=1S/C22H33N3O5S/c1-4-28-13-9-11-23-20(26)10-7-8-12-25-21(27)16-14-18(29-5-2)19(30-6-3)15-17(16)24-22(25)31/h14-15H,4-13H2,1-3H3,(H,23,26)(H,24,31). The molecule has 0 fully saturated rings. The fraction of sp³-hybridized carbons (Fsp3) is 0.591.